The first-order valence-electron chi connectivity index (χ1n) is 6.33. The van der Waals surface area contributed by atoms with Gasteiger partial charge < -0.3 is 10.1 Å². The van der Waals surface area contributed by atoms with Crippen LogP contribution in [0.1, 0.15) is 18.9 Å². The van der Waals surface area contributed by atoms with E-state index in [4.69, 9.17) is 16.3 Å². The largest absolute Gasteiger partial charge is 0.472 e. The molecule has 0 saturated carbocycles. The molecule has 1 heterocycles. The van der Waals surface area contributed by atoms with Crippen molar-refractivity contribution < 1.29 is 4.74 Å². The molecule has 0 aliphatic heterocycles. The quantitative estimate of drug-likeness (QED) is 0.838. The van der Waals surface area contributed by atoms with E-state index in [1.807, 2.05) is 24.3 Å². The van der Waals surface area contributed by atoms with Crippen LogP contribution in [0.3, 0.4) is 0 Å². The summed E-state index contributed by atoms with van der Waals surface area (Å²) >= 11 is 9.47. The van der Waals surface area contributed by atoms with Gasteiger partial charge in [-0.3, -0.25) is 0 Å². The fraction of sp³-hybridized carbons (Fsp3) is 0.286. The number of halogens is 2. The summed E-state index contributed by atoms with van der Waals surface area (Å²) in [4.78, 5) is 8.49. The molecule has 0 aliphatic rings. The second-order valence-electron chi connectivity index (χ2n) is 4.15. The Labute approximate surface area is 131 Å². The highest BCUT2D eigenvalue weighted by atomic mass is 79.9. The highest BCUT2D eigenvalue weighted by Crippen LogP contribution is 2.24. The normalized spacial score (nSPS) is 10.3. The minimum Gasteiger partial charge on any atom is -0.472 e. The Morgan fingerprint density at radius 3 is 2.90 bits per heavy atom. The van der Waals surface area contributed by atoms with Crippen molar-refractivity contribution in [1.82, 2.24) is 9.97 Å². The summed E-state index contributed by atoms with van der Waals surface area (Å²) in [6.45, 7) is 3.27. The molecule has 4 nitrogen and oxygen atoms in total. The molecule has 0 radical (unpaired) electrons. The molecule has 0 unspecified atom stereocenters. The SMILES string of the molecule is CCCNc1ncc(Br)c(OCc2ccccc2Cl)n1. The number of benzene rings is 1. The standard InChI is InChI=1S/C14H15BrClN3O/c1-2-7-17-14-18-8-11(15)13(19-14)20-9-10-5-3-4-6-12(10)16/h3-6,8H,2,7,9H2,1H3,(H,17,18,19). The molecule has 0 saturated heterocycles. The van der Waals surface area contributed by atoms with Gasteiger partial charge in [0.05, 0.1) is 10.7 Å². The lowest BCUT2D eigenvalue weighted by Crippen LogP contribution is -2.06. The zero-order chi connectivity index (χ0) is 14.4. The molecule has 0 aliphatic carbocycles. The molecule has 0 bridgehead atoms. The summed E-state index contributed by atoms with van der Waals surface area (Å²) in [7, 11) is 0. The average Bonchev–Trinajstić information content (AvgIpc) is 2.46. The van der Waals surface area contributed by atoms with Gasteiger partial charge in [0, 0.05) is 17.1 Å². The van der Waals surface area contributed by atoms with Gasteiger partial charge in [0.2, 0.25) is 11.8 Å². The topological polar surface area (TPSA) is 47.0 Å². The molecule has 0 amide bonds. The van der Waals surface area contributed by atoms with E-state index in [0.29, 0.717) is 27.9 Å². The van der Waals surface area contributed by atoms with Crippen LogP contribution in [0.25, 0.3) is 0 Å². The van der Waals surface area contributed by atoms with Crippen molar-refractivity contribution in [2.24, 2.45) is 0 Å². The number of hydrogen-bond acceptors (Lipinski definition) is 4. The van der Waals surface area contributed by atoms with Crippen LogP contribution < -0.4 is 10.1 Å². The first-order chi connectivity index (χ1) is 9.70. The molecule has 1 N–H and O–H groups in total. The van der Waals surface area contributed by atoms with Crippen molar-refractivity contribution in [3.8, 4) is 5.88 Å². The van der Waals surface area contributed by atoms with Crippen LogP contribution in [-0.4, -0.2) is 16.5 Å². The minimum absolute atomic E-state index is 0.364. The number of ether oxygens (including phenoxy) is 1. The van der Waals surface area contributed by atoms with Gasteiger partial charge in [-0.25, -0.2) is 4.98 Å². The number of nitrogens with one attached hydrogen (secondary N) is 1. The molecule has 2 aromatic rings. The summed E-state index contributed by atoms with van der Waals surface area (Å²) in [5.41, 5.74) is 0.919. The maximum absolute atomic E-state index is 6.09. The van der Waals surface area contributed by atoms with E-state index in [2.05, 4.69) is 38.1 Å². The Morgan fingerprint density at radius 1 is 1.35 bits per heavy atom. The van der Waals surface area contributed by atoms with Crippen LogP contribution in [0.4, 0.5) is 5.95 Å². The summed E-state index contributed by atoms with van der Waals surface area (Å²) in [6, 6.07) is 7.57. The van der Waals surface area contributed by atoms with Crippen LogP contribution in [0.15, 0.2) is 34.9 Å². The maximum Gasteiger partial charge on any atom is 0.233 e. The van der Waals surface area contributed by atoms with Gasteiger partial charge in [-0.1, -0.05) is 36.7 Å². The number of nitrogens with zero attached hydrogens (tertiary/aromatic N) is 2. The highest BCUT2D eigenvalue weighted by molar-refractivity contribution is 9.10. The third-order valence-corrected chi connectivity index (χ3v) is 3.48. The van der Waals surface area contributed by atoms with E-state index in [1.54, 1.807) is 6.20 Å². The van der Waals surface area contributed by atoms with Crippen LogP contribution in [0, 0.1) is 0 Å². The highest BCUT2D eigenvalue weighted by Gasteiger charge is 2.07. The monoisotopic (exact) mass is 355 g/mol. The van der Waals surface area contributed by atoms with Crippen LogP contribution in [0.2, 0.25) is 5.02 Å². The molecule has 1 aromatic carbocycles. The number of hydrogen-bond donors (Lipinski definition) is 1. The summed E-state index contributed by atoms with van der Waals surface area (Å²) < 4.78 is 6.42. The van der Waals surface area contributed by atoms with Crippen LogP contribution in [-0.2, 0) is 6.61 Å². The van der Waals surface area contributed by atoms with Gasteiger partial charge in [0.25, 0.3) is 0 Å². The van der Waals surface area contributed by atoms with Crippen LogP contribution >= 0.6 is 27.5 Å². The molecule has 1 aromatic heterocycles. The lowest BCUT2D eigenvalue weighted by atomic mass is 10.2. The minimum atomic E-state index is 0.364. The van der Waals surface area contributed by atoms with Crippen molar-refractivity contribution in [3.63, 3.8) is 0 Å². The van der Waals surface area contributed by atoms with Crippen molar-refractivity contribution in [1.29, 1.82) is 0 Å². The lowest BCUT2D eigenvalue weighted by Gasteiger charge is -2.10. The summed E-state index contributed by atoms with van der Waals surface area (Å²) in [5.74, 6) is 1.06. The molecular weight excluding hydrogens is 342 g/mol. The predicted octanol–water partition coefficient (Wildman–Crippen LogP) is 4.29. The molecule has 20 heavy (non-hydrogen) atoms. The van der Waals surface area contributed by atoms with Crippen molar-refractivity contribution >= 4 is 33.5 Å². The van der Waals surface area contributed by atoms with Gasteiger partial charge in [-0.2, -0.15) is 4.98 Å². The van der Waals surface area contributed by atoms with Gasteiger partial charge in [0.1, 0.15) is 6.61 Å². The third kappa shape index (κ3) is 4.08. The number of aromatic nitrogens is 2. The zero-order valence-electron chi connectivity index (χ0n) is 11.1. The zero-order valence-corrected chi connectivity index (χ0v) is 13.4. The Morgan fingerprint density at radius 2 is 2.15 bits per heavy atom. The number of anilines is 1. The van der Waals surface area contributed by atoms with E-state index in [1.165, 1.54) is 0 Å². The van der Waals surface area contributed by atoms with Gasteiger partial charge in [0.15, 0.2) is 0 Å². The molecule has 0 fully saturated rings. The van der Waals surface area contributed by atoms with E-state index >= 15 is 0 Å². The molecule has 6 heteroatoms. The van der Waals surface area contributed by atoms with Crippen molar-refractivity contribution in [2.75, 3.05) is 11.9 Å². The fourth-order valence-corrected chi connectivity index (χ4v) is 2.03. The maximum atomic E-state index is 6.09. The molecule has 0 spiro atoms. The first-order valence-corrected chi connectivity index (χ1v) is 7.50. The Bertz CT molecular complexity index is 580. The van der Waals surface area contributed by atoms with E-state index < -0.39 is 0 Å². The molecule has 106 valence electrons. The summed E-state index contributed by atoms with van der Waals surface area (Å²) in [5, 5.41) is 3.80. The smallest absolute Gasteiger partial charge is 0.233 e. The number of rotatable bonds is 6. The van der Waals surface area contributed by atoms with E-state index in [-0.39, 0.29) is 0 Å². The lowest BCUT2D eigenvalue weighted by molar-refractivity contribution is 0.291. The van der Waals surface area contributed by atoms with Crippen LogP contribution in [0.5, 0.6) is 5.88 Å². The fourth-order valence-electron chi connectivity index (χ4n) is 1.54. The molecule has 2 rings (SSSR count). The first kappa shape index (κ1) is 15.1. The van der Waals surface area contributed by atoms with E-state index in [9.17, 15) is 0 Å². The summed E-state index contributed by atoms with van der Waals surface area (Å²) in [6.07, 6.45) is 2.68. The predicted molar refractivity (Wildman–Crippen MR) is 84.3 cm³/mol. The Kier molecular flexibility index (Phi) is 5.61. The second-order valence-corrected chi connectivity index (χ2v) is 5.42. The van der Waals surface area contributed by atoms with Gasteiger partial charge in [-0.15, -0.1) is 0 Å². The van der Waals surface area contributed by atoms with Gasteiger partial charge >= 0.3 is 0 Å². The Hall–Kier alpha value is -1.33. The van der Waals surface area contributed by atoms with Crippen molar-refractivity contribution in [2.45, 2.75) is 20.0 Å². The van der Waals surface area contributed by atoms with E-state index in [0.717, 1.165) is 18.5 Å². The average molecular weight is 357 g/mol. The van der Waals surface area contributed by atoms with Gasteiger partial charge in [-0.05, 0) is 28.4 Å². The molecule has 0 atom stereocenters. The second kappa shape index (κ2) is 7.45. The third-order valence-electron chi connectivity index (χ3n) is 2.57. The van der Waals surface area contributed by atoms with Crippen molar-refractivity contribution in [3.05, 3.63) is 45.5 Å². The molecular formula is C14H15BrClN3O. The Balaban J connectivity index is 2.07.